The molecule has 9 heteroatoms. The lowest BCUT2D eigenvalue weighted by Crippen LogP contribution is -2.44. The van der Waals surface area contributed by atoms with Crippen molar-refractivity contribution in [3.8, 4) is 0 Å². The van der Waals surface area contributed by atoms with Crippen molar-refractivity contribution in [3.05, 3.63) is 36.0 Å². The van der Waals surface area contributed by atoms with Crippen molar-refractivity contribution in [1.29, 1.82) is 0 Å². The molecule has 1 aromatic carbocycles. The van der Waals surface area contributed by atoms with E-state index in [2.05, 4.69) is 10.3 Å². The monoisotopic (exact) mass is 397 g/mol. The Morgan fingerprint density at radius 3 is 2.67 bits per heavy atom. The number of carboxylic acids is 1. The molecule has 0 saturated heterocycles. The fourth-order valence-corrected chi connectivity index (χ4v) is 2.63. The molecule has 27 heavy (non-hydrogen) atoms. The first kappa shape index (κ1) is 22.5. The van der Waals surface area contributed by atoms with Crippen molar-refractivity contribution < 1.29 is 24.2 Å². The van der Waals surface area contributed by atoms with Crippen molar-refractivity contribution in [1.82, 2.24) is 10.3 Å². The Bertz CT molecular complexity index is 792. The summed E-state index contributed by atoms with van der Waals surface area (Å²) in [5, 5.41) is 12.4. The second-order valence-corrected chi connectivity index (χ2v) is 5.92. The van der Waals surface area contributed by atoms with E-state index in [1.165, 1.54) is 0 Å². The molecule has 148 valence electrons. The molecule has 2 rings (SSSR count). The maximum absolute atomic E-state index is 12.2. The minimum Gasteiger partial charge on any atom is -0.480 e. The van der Waals surface area contributed by atoms with Gasteiger partial charge in [0.15, 0.2) is 0 Å². The van der Waals surface area contributed by atoms with E-state index in [0.717, 1.165) is 16.5 Å². The van der Waals surface area contributed by atoms with Crippen LogP contribution in [-0.2, 0) is 25.5 Å². The van der Waals surface area contributed by atoms with Gasteiger partial charge in [-0.3, -0.25) is 9.59 Å². The summed E-state index contributed by atoms with van der Waals surface area (Å²) in [6.07, 6.45) is 1.96. The number of nitrogens with one attached hydrogen (secondary N) is 2. The molecule has 2 atom stereocenters. The minimum atomic E-state index is -1.17. The highest BCUT2D eigenvalue weighted by Gasteiger charge is 2.24. The van der Waals surface area contributed by atoms with Crippen molar-refractivity contribution >= 4 is 41.2 Å². The average Bonchev–Trinajstić information content (AvgIpc) is 3.02. The normalized spacial score (nSPS) is 12.7. The van der Waals surface area contributed by atoms with E-state index in [4.69, 9.17) is 15.6 Å². The average molecular weight is 398 g/mol. The summed E-state index contributed by atoms with van der Waals surface area (Å²) in [5.41, 5.74) is 7.21. The van der Waals surface area contributed by atoms with Crippen LogP contribution in [0.5, 0.6) is 0 Å². The third kappa shape index (κ3) is 6.26. The van der Waals surface area contributed by atoms with E-state index in [0.29, 0.717) is 0 Å². The smallest absolute Gasteiger partial charge is 0.328 e. The Morgan fingerprint density at radius 1 is 1.30 bits per heavy atom. The van der Waals surface area contributed by atoms with Crippen LogP contribution in [0.2, 0.25) is 0 Å². The molecule has 2 aromatic rings. The maximum atomic E-state index is 12.2. The summed E-state index contributed by atoms with van der Waals surface area (Å²) in [4.78, 5) is 38.2. The highest BCUT2D eigenvalue weighted by molar-refractivity contribution is 5.87. The van der Waals surface area contributed by atoms with E-state index < -0.39 is 29.9 Å². The first-order valence-corrected chi connectivity index (χ1v) is 8.41. The van der Waals surface area contributed by atoms with Gasteiger partial charge in [-0.15, -0.1) is 12.4 Å². The number of ether oxygens (including phenoxy) is 1. The molecule has 0 bridgehead atoms. The lowest BCUT2D eigenvalue weighted by molar-refractivity contribution is -0.147. The van der Waals surface area contributed by atoms with Gasteiger partial charge >= 0.3 is 11.9 Å². The van der Waals surface area contributed by atoms with Crippen molar-refractivity contribution in [2.75, 3.05) is 6.61 Å². The number of H-pyrrole nitrogens is 1. The largest absolute Gasteiger partial charge is 0.480 e. The highest BCUT2D eigenvalue weighted by atomic mass is 35.5. The molecule has 5 N–H and O–H groups in total. The molecule has 8 nitrogen and oxygen atoms in total. The Balaban J connectivity index is 0.00000364. The fourth-order valence-electron chi connectivity index (χ4n) is 2.63. The number of carbonyl (C=O) groups is 3. The van der Waals surface area contributed by atoms with E-state index in [1.54, 1.807) is 13.1 Å². The fraction of sp³-hybridized carbons (Fsp3) is 0.389. The Kier molecular flexibility index (Phi) is 8.77. The summed E-state index contributed by atoms with van der Waals surface area (Å²) in [6.45, 7) is 1.89. The number of nitrogens with two attached hydrogens (primary N) is 1. The maximum Gasteiger partial charge on any atom is 0.328 e. The Morgan fingerprint density at radius 2 is 2.00 bits per heavy atom. The van der Waals surface area contributed by atoms with Crippen LogP contribution in [-0.4, -0.2) is 46.6 Å². The minimum absolute atomic E-state index is 0. The number of aliphatic carboxylic acids is 1. The molecule has 0 radical (unpaired) electrons. The highest BCUT2D eigenvalue weighted by Crippen LogP contribution is 2.19. The van der Waals surface area contributed by atoms with Gasteiger partial charge in [-0.2, -0.15) is 0 Å². The number of carbonyl (C=O) groups excluding carboxylic acids is 2. The van der Waals surface area contributed by atoms with Crippen LogP contribution in [0.1, 0.15) is 25.3 Å². The van der Waals surface area contributed by atoms with Gasteiger partial charge in [-0.25, -0.2) is 4.79 Å². The summed E-state index contributed by atoms with van der Waals surface area (Å²) < 4.78 is 5.05. The molecular weight excluding hydrogens is 374 g/mol. The second kappa shape index (κ2) is 10.5. The number of carboxylic acid groups (broad SMARTS) is 1. The number of rotatable bonds is 9. The number of aromatic amines is 1. The van der Waals surface area contributed by atoms with Crippen LogP contribution in [0.4, 0.5) is 0 Å². The number of para-hydroxylation sites is 1. The van der Waals surface area contributed by atoms with E-state index in [9.17, 15) is 14.4 Å². The molecule has 0 fully saturated rings. The van der Waals surface area contributed by atoms with Gasteiger partial charge in [-0.1, -0.05) is 18.2 Å². The van der Waals surface area contributed by atoms with Crippen molar-refractivity contribution in [2.24, 2.45) is 5.73 Å². The number of halogens is 1. The quantitative estimate of drug-likeness (QED) is 0.472. The van der Waals surface area contributed by atoms with Crippen molar-refractivity contribution in [3.63, 3.8) is 0 Å². The number of fused-ring (bicyclic) bond motifs is 1. The molecular formula is C18H24ClN3O5. The predicted octanol–water partition coefficient (Wildman–Crippen LogP) is 1.37. The second-order valence-electron chi connectivity index (χ2n) is 5.92. The molecule has 1 aromatic heterocycles. The Hall–Kier alpha value is -2.58. The van der Waals surface area contributed by atoms with Gasteiger partial charge in [0, 0.05) is 29.9 Å². The third-order valence-electron chi connectivity index (χ3n) is 4.00. The number of hydrogen-bond acceptors (Lipinski definition) is 5. The zero-order valence-electron chi connectivity index (χ0n) is 14.9. The lowest BCUT2D eigenvalue weighted by Gasteiger charge is -2.17. The van der Waals surface area contributed by atoms with Gasteiger partial charge in [0.25, 0.3) is 0 Å². The van der Waals surface area contributed by atoms with E-state index >= 15 is 0 Å². The topological polar surface area (TPSA) is 135 Å². The van der Waals surface area contributed by atoms with E-state index in [1.807, 2.05) is 24.3 Å². The summed E-state index contributed by atoms with van der Waals surface area (Å²) in [7, 11) is 0. The predicted molar refractivity (Wildman–Crippen MR) is 103 cm³/mol. The number of benzene rings is 1. The molecule has 0 aliphatic rings. The molecule has 1 heterocycles. The first-order valence-electron chi connectivity index (χ1n) is 8.41. The van der Waals surface area contributed by atoms with Crippen molar-refractivity contribution in [2.45, 2.75) is 38.3 Å². The van der Waals surface area contributed by atoms with Crippen LogP contribution in [0.3, 0.4) is 0 Å². The molecule has 0 saturated carbocycles. The summed E-state index contributed by atoms with van der Waals surface area (Å²) >= 11 is 0. The van der Waals surface area contributed by atoms with Gasteiger partial charge in [0.2, 0.25) is 5.91 Å². The van der Waals surface area contributed by atoms with Crippen LogP contribution < -0.4 is 11.1 Å². The van der Waals surface area contributed by atoms with Crippen LogP contribution in [0.15, 0.2) is 30.5 Å². The number of esters is 1. The SMILES string of the molecule is CCOC(=O)[C@H](Cc1c[nH]c2ccccc12)NC(=O)CC[C@@H](N)C(=O)O.Cl. The van der Waals surface area contributed by atoms with Gasteiger partial charge in [0.05, 0.1) is 6.61 Å². The zero-order chi connectivity index (χ0) is 19.1. The Labute approximate surface area is 162 Å². The molecule has 0 spiro atoms. The van der Waals surface area contributed by atoms with Gasteiger partial charge in [-0.05, 0) is 25.0 Å². The lowest BCUT2D eigenvalue weighted by atomic mass is 10.0. The molecule has 0 unspecified atom stereocenters. The van der Waals surface area contributed by atoms with Crippen LogP contribution in [0, 0.1) is 0 Å². The van der Waals surface area contributed by atoms with E-state index in [-0.39, 0.29) is 38.3 Å². The third-order valence-corrected chi connectivity index (χ3v) is 4.00. The standard InChI is InChI=1S/C18H23N3O5.ClH/c1-2-26-18(25)15(21-16(22)8-7-13(19)17(23)24)9-11-10-20-14-6-4-3-5-12(11)14;/h3-6,10,13,15,20H,2,7-9,19H2,1H3,(H,21,22)(H,23,24);1H/t13-,15+;/m1./s1. The summed E-state index contributed by atoms with van der Waals surface area (Å²) in [5.74, 6) is -2.15. The number of hydrogen-bond donors (Lipinski definition) is 4. The first-order chi connectivity index (χ1) is 12.4. The van der Waals surface area contributed by atoms with Crippen LogP contribution >= 0.6 is 12.4 Å². The van der Waals surface area contributed by atoms with Gasteiger partial charge in [0.1, 0.15) is 12.1 Å². The zero-order valence-corrected chi connectivity index (χ0v) is 15.8. The summed E-state index contributed by atoms with van der Waals surface area (Å²) in [6, 6.07) is 5.67. The number of amides is 1. The molecule has 1 amide bonds. The van der Waals surface area contributed by atoms with Crippen LogP contribution in [0.25, 0.3) is 10.9 Å². The van der Waals surface area contributed by atoms with Gasteiger partial charge < -0.3 is 25.9 Å². The molecule has 0 aliphatic carbocycles. The molecule has 0 aliphatic heterocycles. The number of aromatic nitrogens is 1.